The molecule has 1 aromatic carbocycles. The lowest BCUT2D eigenvalue weighted by molar-refractivity contribution is 0.0618. The molecule has 0 radical (unpaired) electrons. The molecular formula is C15H13FN2O2. The average Bonchev–Trinajstić information content (AvgIpc) is 2.37. The Hall–Kier alpha value is -2.30. The minimum Gasteiger partial charge on any atom is -0.487 e. The fraction of sp³-hybridized carbons (Fsp3) is 0.267. The second kappa shape index (κ2) is 4.37. The van der Waals surface area contributed by atoms with Gasteiger partial charge in [-0.2, -0.15) is 0 Å². The number of nitrogens with zero attached hydrogens (tertiary/aromatic N) is 2. The topological polar surface area (TPSA) is 52.1 Å². The van der Waals surface area contributed by atoms with Crippen LogP contribution in [0.1, 0.15) is 30.6 Å². The highest BCUT2D eigenvalue weighted by atomic mass is 19.1. The van der Waals surface area contributed by atoms with Crippen molar-refractivity contribution in [3.8, 4) is 16.9 Å². The van der Waals surface area contributed by atoms with Gasteiger partial charge in [-0.25, -0.2) is 14.4 Å². The quantitative estimate of drug-likeness (QED) is 0.800. The second-order valence-electron chi connectivity index (χ2n) is 5.42. The standard InChI is InChI=1S/C15H13FN2O2/c1-15(2)5-13(19)11-3-10(9-6-17-8-18-7-9)12(16)4-14(11)20-15/h3-4,6-8H,5H2,1-2H3. The Morgan fingerprint density at radius 3 is 2.60 bits per heavy atom. The third-order valence-corrected chi connectivity index (χ3v) is 3.21. The molecule has 1 aliphatic heterocycles. The summed E-state index contributed by atoms with van der Waals surface area (Å²) in [6.45, 7) is 3.62. The lowest BCUT2D eigenvalue weighted by Gasteiger charge is -2.31. The third-order valence-electron chi connectivity index (χ3n) is 3.21. The number of benzene rings is 1. The number of carbonyl (C=O) groups is 1. The van der Waals surface area contributed by atoms with Crippen LogP contribution in [0, 0.1) is 5.82 Å². The normalized spacial score (nSPS) is 16.4. The van der Waals surface area contributed by atoms with Crippen LogP contribution in [0.3, 0.4) is 0 Å². The maximum absolute atomic E-state index is 14.2. The zero-order valence-electron chi connectivity index (χ0n) is 11.2. The molecule has 2 heterocycles. The molecule has 1 aliphatic rings. The molecule has 0 fully saturated rings. The van der Waals surface area contributed by atoms with Crippen LogP contribution < -0.4 is 4.74 Å². The van der Waals surface area contributed by atoms with Crippen LogP contribution in [0.25, 0.3) is 11.1 Å². The number of hydrogen-bond donors (Lipinski definition) is 0. The minimum atomic E-state index is -0.603. The van der Waals surface area contributed by atoms with E-state index in [1.807, 2.05) is 13.8 Å². The van der Waals surface area contributed by atoms with Crippen molar-refractivity contribution in [2.45, 2.75) is 25.9 Å². The van der Waals surface area contributed by atoms with Gasteiger partial charge in [0, 0.05) is 29.6 Å². The molecule has 0 N–H and O–H groups in total. The predicted molar refractivity (Wildman–Crippen MR) is 71.1 cm³/mol. The summed E-state index contributed by atoms with van der Waals surface area (Å²) in [5, 5.41) is 0. The van der Waals surface area contributed by atoms with E-state index < -0.39 is 11.4 Å². The third kappa shape index (κ3) is 2.15. The first kappa shape index (κ1) is 12.7. The Balaban J connectivity index is 2.14. The first-order valence-corrected chi connectivity index (χ1v) is 6.27. The largest absolute Gasteiger partial charge is 0.487 e. The number of carbonyl (C=O) groups excluding carboxylic acids is 1. The molecule has 0 amide bonds. The summed E-state index contributed by atoms with van der Waals surface area (Å²) in [7, 11) is 0. The molecule has 0 atom stereocenters. The predicted octanol–water partition coefficient (Wildman–Crippen LogP) is 3.03. The Labute approximate surface area is 115 Å². The maximum atomic E-state index is 14.2. The highest BCUT2D eigenvalue weighted by molar-refractivity contribution is 6.01. The molecule has 4 nitrogen and oxygen atoms in total. The van der Waals surface area contributed by atoms with Gasteiger partial charge in [-0.05, 0) is 19.9 Å². The summed E-state index contributed by atoms with van der Waals surface area (Å²) in [5.74, 6) is -0.206. The van der Waals surface area contributed by atoms with Crippen molar-refractivity contribution in [1.29, 1.82) is 0 Å². The van der Waals surface area contributed by atoms with Crippen LogP contribution in [-0.4, -0.2) is 21.4 Å². The number of ketones is 1. The molecule has 0 bridgehead atoms. The molecule has 0 aliphatic carbocycles. The van der Waals surface area contributed by atoms with Crippen molar-refractivity contribution in [2.24, 2.45) is 0 Å². The van der Waals surface area contributed by atoms with Crippen molar-refractivity contribution in [3.63, 3.8) is 0 Å². The summed E-state index contributed by atoms with van der Waals surface area (Å²) in [6, 6.07) is 2.78. The zero-order valence-corrected chi connectivity index (χ0v) is 11.2. The lowest BCUT2D eigenvalue weighted by Crippen LogP contribution is -2.36. The molecule has 20 heavy (non-hydrogen) atoms. The highest BCUT2D eigenvalue weighted by Gasteiger charge is 2.33. The van der Waals surface area contributed by atoms with Crippen LogP contribution in [0.2, 0.25) is 0 Å². The van der Waals surface area contributed by atoms with Gasteiger partial charge in [0.15, 0.2) is 5.78 Å². The van der Waals surface area contributed by atoms with Gasteiger partial charge < -0.3 is 4.74 Å². The Morgan fingerprint density at radius 1 is 1.20 bits per heavy atom. The fourth-order valence-electron chi connectivity index (χ4n) is 2.33. The van der Waals surface area contributed by atoms with E-state index in [2.05, 4.69) is 9.97 Å². The molecule has 0 saturated heterocycles. The molecular weight excluding hydrogens is 259 g/mol. The van der Waals surface area contributed by atoms with Crippen LogP contribution in [0.15, 0.2) is 30.9 Å². The van der Waals surface area contributed by atoms with Gasteiger partial charge in [0.25, 0.3) is 0 Å². The van der Waals surface area contributed by atoms with E-state index in [-0.39, 0.29) is 12.2 Å². The van der Waals surface area contributed by atoms with Gasteiger partial charge in [-0.3, -0.25) is 4.79 Å². The minimum absolute atomic E-state index is 0.0469. The number of halogens is 1. The van der Waals surface area contributed by atoms with E-state index >= 15 is 0 Å². The molecule has 0 spiro atoms. The van der Waals surface area contributed by atoms with Gasteiger partial charge in [-0.15, -0.1) is 0 Å². The van der Waals surface area contributed by atoms with Gasteiger partial charge in [0.05, 0.1) is 12.0 Å². The molecule has 2 aromatic rings. The van der Waals surface area contributed by atoms with E-state index in [0.717, 1.165) is 0 Å². The number of rotatable bonds is 1. The Kier molecular flexibility index (Phi) is 2.78. The molecule has 0 saturated carbocycles. The van der Waals surface area contributed by atoms with Gasteiger partial charge in [0.1, 0.15) is 23.5 Å². The monoisotopic (exact) mass is 272 g/mol. The second-order valence-corrected chi connectivity index (χ2v) is 5.42. The van der Waals surface area contributed by atoms with E-state index in [9.17, 15) is 9.18 Å². The number of hydrogen-bond acceptors (Lipinski definition) is 4. The molecule has 0 unspecified atom stereocenters. The summed E-state index contributed by atoms with van der Waals surface area (Å²) >= 11 is 0. The Morgan fingerprint density at radius 2 is 1.90 bits per heavy atom. The maximum Gasteiger partial charge on any atom is 0.170 e. The van der Waals surface area contributed by atoms with E-state index in [1.165, 1.54) is 30.9 Å². The zero-order chi connectivity index (χ0) is 14.3. The Bertz CT molecular complexity index is 684. The van der Waals surface area contributed by atoms with Crippen molar-refractivity contribution in [3.05, 3.63) is 42.2 Å². The van der Waals surface area contributed by atoms with Crippen molar-refractivity contribution in [1.82, 2.24) is 9.97 Å². The molecule has 3 rings (SSSR count). The summed E-state index contributed by atoms with van der Waals surface area (Å²) in [4.78, 5) is 19.9. The van der Waals surface area contributed by atoms with Gasteiger partial charge >= 0.3 is 0 Å². The van der Waals surface area contributed by atoms with Crippen molar-refractivity contribution >= 4 is 5.78 Å². The number of fused-ring (bicyclic) bond motifs is 1. The number of aromatic nitrogens is 2. The van der Waals surface area contributed by atoms with Crippen molar-refractivity contribution < 1.29 is 13.9 Å². The lowest BCUT2D eigenvalue weighted by atomic mass is 9.91. The van der Waals surface area contributed by atoms with E-state index in [4.69, 9.17) is 4.74 Å². The van der Waals surface area contributed by atoms with Crippen LogP contribution in [0.4, 0.5) is 4.39 Å². The number of Topliss-reactive ketones (excluding diaryl/α,β-unsaturated/α-hetero) is 1. The summed E-state index contributed by atoms with van der Waals surface area (Å²) < 4.78 is 19.9. The molecule has 5 heteroatoms. The average molecular weight is 272 g/mol. The van der Waals surface area contributed by atoms with Gasteiger partial charge in [-0.1, -0.05) is 0 Å². The number of ether oxygens (including phenoxy) is 1. The van der Waals surface area contributed by atoms with E-state index in [0.29, 0.717) is 22.4 Å². The molecule has 102 valence electrons. The summed E-state index contributed by atoms with van der Waals surface area (Å²) in [6.07, 6.45) is 4.67. The smallest absolute Gasteiger partial charge is 0.170 e. The highest BCUT2D eigenvalue weighted by Crippen LogP contribution is 2.37. The van der Waals surface area contributed by atoms with Crippen molar-refractivity contribution in [2.75, 3.05) is 0 Å². The van der Waals surface area contributed by atoms with Crippen LogP contribution >= 0.6 is 0 Å². The van der Waals surface area contributed by atoms with Crippen LogP contribution in [-0.2, 0) is 0 Å². The first-order valence-electron chi connectivity index (χ1n) is 6.27. The summed E-state index contributed by atoms with van der Waals surface area (Å²) in [5.41, 5.74) is 0.643. The van der Waals surface area contributed by atoms with Crippen LogP contribution in [0.5, 0.6) is 5.75 Å². The van der Waals surface area contributed by atoms with E-state index in [1.54, 1.807) is 0 Å². The SMILES string of the molecule is CC1(C)CC(=O)c2cc(-c3cncnc3)c(F)cc2O1. The van der Waals surface area contributed by atoms with Gasteiger partial charge in [0.2, 0.25) is 0 Å². The molecule has 1 aromatic heterocycles. The first-order chi connectivity index (χ1) is 9.46. The fourth-order valence-corrected chi connectivity index (χ4v) is 2.33.